The average Bonchev–Trinajstić information content (AvgIpc) is 2.61. The Labute approximate surface area is 163 Å². The lowest BCUT2D eigenvalue weighted by atomic mass is 9.65. The molecule has 2 rings (SSSR count). The predicted molar refractivity (Wildman–Crippen MR) is 104 cm³/mol. The molecule has 27 heavy (non-hydrogen) atoms. The Bertz CT molecular complexity index is 514. The summed E-state index contributed by atoms with van der Waals surface area (Å²) in [6, 6.07) is 0.203. The van der Waals surface area contributed by atoms with Gasteiger partial charge in [-0.25, -0.2) is 0 Å². The summed E-state index contributed by atoms with van der Waals surface area (Å²) in [5.41, 5.74) is 0.323. The number of ether oxygens (including phenoxy) is 1. The molecule has 0 aromatic carbocycles. The second-order valence-corrected chi connectivity index (χ2v) is 8.63. The summed E-state index contributed by atoms with van der Waals surface area (Å²) in [6.07, 6.45) is 7.02. The number of nitrogens with zero attached hydrogens (tertiary/aromatic N) is 1. The number of rotatable bonds is 8. The van der Waals surface area contributed by atoms with Crippen LogP contribution < -0.4 is 5.32 Å². The lowest BCUT2D eigenvalue weighted by Crippen LogP contribution is -2.46. The summed E-state index contributed by atoms with van der Waals surface area (Å²) in [4.78, 5) is 37.4. The first-order chi connectivity index (χ1) is 12.8. The zero-order valence-corrected chi connectivity index (χ0v) is 17.2. The van der Waals surface area contributed by atoms with Crippen LogP contribution in [0.4, 0.5) is 0 Å². The number of amides is 2. The highest BCUT2D eigenvalue weighted by molar-refractivity contribution is 5.79. The van der Waals surface area contributed by atoms with Crippen LogP contribution in [-0.4, -0.2) is 54.8 Å². The van der Waals surface area contributed by atoms with Crippen molar-refractivity contribution in [3.63, 3.8) is 0 Å². The quantitative estimate of drug-likeness (QED) is 0.657. The van der Waals surface area contributed by atoms with Crippen LogP contribution in [0.2, 0.25) is 0 Å². The molecule has 0 atom stereocenters. The lowest BCUT2D eigenvalue weighted by Gasteiger charge is -2.45. The normalized spacial score (nSPS) is 20.1. The van der Waals surface area contributed by atoms with E-state index in [1.54, 1.807) is 6.92 Å². The molecule has 1 saturated carbocycles. The van der Waals surface area contributed by atoms with Gasteiger partial charge >= 0.3 is 0 Å². The fourth-order valence-electron chi connectivity index (χ4n) is 4.26. The molecule has 2 aliphatic rings. The Morgan fingerprint density at radius 1 is 1.04 bits per heavy atom. The molecule has 0 bridgehead atoms. The predicted octanol–water partition coefficient (Wildman–Crippen LogP) is 2.70. The average molecular weight is 381 g/mol. The largest absolute Gasteiger partial charge is 0.380 e. The third kappa shape index (κ3) is 6.91. The second kappa shape index (κ2) is 10.2. The molecule has 0 radical (unpaired) electrons. The van der Waals surface area contributed by atoms with Crippen molar-refractivity contribution in [2.75, 3.05) is 26.3 Å². The molecule has 6 heteroatoms. The first-order valence-corrected chi connectivity index (χ1v) is 10.5. The zero-order chi connectivity index (χ0) is 19.9. The van der Waals surface area contributed by atoms with E-state index in [1.807, 2.05) is 18.7 Å². The van der Waals surface area contributed by atoms with Gasteiger partial charge in [-0.15, -0.1) is 0 Å². The fraction of sp³-hybridized carbons (Fsp3) is 0.857. The summed E-state index contributed by atoms with van der Waals surface area (Å²) in [5, 5.41) is 3.04. The highest BCUT2D eigenvalue weighted by atomic mass is 16.5. The van der Waals surface area contributed by atoms with E-state index in [0.717, 1.165) is 51.6 Å². The molecular weight excluding hydrogens is 344 g/mol. The van der Waals surface area contributed by atoms with Crippen molar-refractivity contribution >= 4 is 17.6 Å². The molecular formula is C21H36N2O4. The third-order valence-electron chi connectivity index (χ3n) is 6.08. The maximum absolute atomic E-state index is 12.3. The Kier molecular flexibility index (Phi) is 8.27. The maximum atomic E-state index is 12.3. The van der Waals surface area contributed by atoms with Gasteiger partial charge in [0.15, 0.2) is 0 Å². The van der Waals surface area contributed by atoms with Crippen molar-refractivity contribution in [2.24, 2.45) is 11.3 Å². The van der Waals surface area contributed by atoms with Crippen LogP contribution in [-0.2, 0) is 19.1 Å². The summed E-state index contributed by atoms with van der Waals surface area (Å²) in [7, 11) is 0. The molecule has 0 unspecified atom stereocenters. The zero-order valence-electron chi connectivity index (χ0n) is 17.2. The number of piperidine rings is 1. The molecule has 154 valence electrons. The Morgan fingerprint density at radius 2 is 1.63 bits per heavy atom. The van der Waals surface area contributed by atoms with Crippen molar-refractivity contribution in [3.8, 4) is 0 Å². The van der Waals surface area contributed by atoms with E-state index >= 15 is 0 Å². The van der Waals surface area contributed by atoms with E-state index in [1.165, 1.54) is 0 Å². The second-order valence-electron chi connectivity index (χ2n) is 8.63. The monoisotopic (exact) mass is 380 g/mol. The third-order valence-corrected chi connectivity index (χ3v) is 6.08. The minimum absolute atomic E-state index is 0.110. The number of carbonyl (C=O) groups excluding carboxylic acids is 3. The number of hydrogen-bond donors (Lipinski definition) is 1. The van der Waals surface area contributed by atoms with Crippen LogP contribution in [0.5, 0.6) is 0 Å². The van der Waals surface area contributed by atoms with Gasteiger partial charge in [0.05, 0.1) is 19.6 Å². The minimum Gasteiger partial charge on any atom is -0.380 e. The van der Waals surface area contributed by atoms with E-state index < -0.39 is 0 Å². The van der Waals surface area contributed by atoms with Crippen LogP contribution in [0.1, 0.15) is 72.1 Å². The highest BCUT2D eigenvalue weighted by Crippen LogP contribution is 2.46. The Balaban J connectivity index is 1.67. The summed E-state index contributed by atoms with van der Waals surface area (Å²) >= 11 is 0. The van der Waals surface area contributed by atoms with E-state index in [4.69, 9.17) is 4.74 Å². The van der Waals surface area contributed by atoms with Gasteiger partial charge in [0.2, 0.25) is 11.8 Å². The van der Waals surface area contributed by atoms with Crippen molar-refractivity contribution in [1.82, 2.24) is 10.2 Å². The molecule has 1 aliphatic carbocycles. The van der Waals surface area contributed by atoms with Crippen LogP contribution in [0.15, 0.2) is 0 Å². The first-order valence-electron chi connectivity index (χ1n) is 10.5. The van der Waals surface area contributed by atoms with Crippen LogP contribution in [0.25, 0.3) is 0 Å². The fourth-order valence-corrected chi connectivity index (χ4v) is 4.26. The van der Waals surface area contributed by atoms with Crippen LogP contribution >= 0.6 is 0 Å². The molecule has 1 saturated heterocycles. The number of ketones is 1. The molecule has 1 heterocycles. The molecule has 1 N–H and O–H groups in total. The van der Waals surface area contributed by atoms with Gasteiger partial charge in [0.1, 0.15) is 5.78 Å². The minimum atomic E-state index is 0.110. The molecule has 0 aromatic heterocycles. The number of nitrogens with one attached hydrogen (secondary N) is 1. The highest BCUT2D eigenvalue weighted by Gasteiger charge is 2.40. The van der Waals surface area contributed by atoms with E-state index in [2.05, 4.69) is 5.32 Å². The summed E-state index contributed by atoms with van der Waals surface area (Å²) < 4.78 is 5.37. The van der Waals surface area contributed by atoms with Crippen molar-refractivity contribution in [1.29, 1.82) is 0 Å². The number of hydrogen-bond acceptors (Lipinski definition) is 4. The van der Waals surface area contributed by atoms with Crippen molar-refractivity contribution in [2.45, 2.75) is 78.2 Å². The first kappa shape index (κ1) is 21.9. The smallest absolute Gasteiger partial charge is 0.224 e. The van der Waals surface area contributed by atoms with E-state index in [9.17, 15) is 14.4 Å². The molecule has 6 nitrogen and oxygen atoms in total. The standard InChI is InChI=1S/C21H36N2O4/c1-16(2)22-20(26)18-4-8-21(9-5-18)10-12-23(13-11-21)19(25)7-15-27-14-6-17(3)24/h16,18H,4-15H2,1-3H3,(H,22,26). The SMILES string of the molecule is CC(=O)CCOCCC(=O)N1CCC2(CCC(C(=O)NC(C)C)CC2)CC1. The summed E-state index contributed by atoms with van der Waals surface area (Å²) in [6.45, 7) is 7.97. The van der Waals surface area contributed by atoms with Gasteiger partial charge in [0.25, 0.3) is 0 Å². The van der Waals surface area contributed by atoms with Gasteiger partial charge in [-0.3, -0.25) is 14.4 Å². The van der Waals surface area contributed by atoms with Crippen LogP contribution in [0, 0.1) is 11.3 Å². The number of Topliss-reactive ketones (excluding diaryl/α,β-unsaturated/α-hetero) is 1. The van der Waals surface area contributed by atoms with Gasteiger partial charge in [-0.05, 0) is 64.7 Å². The van der Waals surface area contributed by atoms with Gasteiger partial charge in [-0.1, -0.05) is 0 Å². The van der Waals surface area contributed by atoms with Crippen molar-refractivity contribution in [3.05, 3.63) is 0 Å². The molecule has 2 amide bonds. The van der Waals surface area contributed by atoms with Gasteiger partial charge in [-0.2, -0.15) is 0 Å². The van der Waals surface area contributed by atoms with Crippen molar-refractivity contribution < 1.29 is 19.1 Å². The topological polar surface area (TPSA) is 75.7 Å². The van der Waals surface area contributed by atoms with E-state index in [-0.39, 0.29) is 29.6 Å². The molecule has 1 spiro atoms. The van der Waals surface area contributed by atoms with Gasteiger partial charge in [0, 0.05) is 31.5 Å². The van der Waals surface area contributed by atoms with E-state index in [0.29, 0.717) is 31.5 Å². The number of carbonyl (C=O) groups is 3. The lowest BCUT2D eigenvalue weighted by molar-refractivity contribution is -0.135. The maximum Gasteiger partial charge on any atom is 0.224 e. The molecule has 2 fully saturated rings. The summed E-state index contributed by atoms with van der Waals surface area (Å²) in [5.74, 6) is 0.624. The van der Waals surface area contributed by atoms with Crippen LogP contribution in [0.3, 0.4) is 0 Å². The molecule has 0 aromatic rings. The Morgan fingerprint density at radius 3 is 2.19 bits per heavy atom. The Hall–Kier alpha value is -1.43. The van der Waals surface area contributed by atoms with Gasteiger partial charge < -0.3 is 15.0 Å². The number of likely N-dealkylation sites (tertiary alicyclic amines) is 1. The molecule has 1 aliphatic heterocycles.